The highest BCUT2D eigenvalue weighted by Gasteiger charge is 2.04. The summed E-state index contributed by atoms with van der Waals surface area (Å²) >= 11 is 10.2. The normalized spacial score (nSPS) is 10.2. The Balaban J connectivity index is 3.24. The van der Waals surface area contributed by atoms with Gasteiger partial charge in [0.2, 0.25) is 0 Å². The first kappa shape index (κ1) is 9.68. The summed E-state index contributed by atoms with van der Waals surface area (Å²) in [7, 11) is 0. The van der Waals surface area contributed by atoms with Crippen LogP contribution in [0, 0.1) is 6.92 Å². The predicted molar refractivity (Wildman–Crippen MR) is 57.0 cm³/mol. The number of pyridine rings is 1. The summed E-state index contributed by atoms with van der Waals surface area (Å²) < 4.78 is 2.08. The number of alkyl halides is 1. The van der Waals surface area contributed by atoms with Crippen molar-refractivity contribution in [3.05, 3.63) is 26.4 Å². The van der Waals surface area contributed by atoms with Crippen LogP contribution in [0.1, 0.15) is 11.4 Å². The third-order valence-electron chi connectivity index (χ3n) is 1.24. The van der Waals surface area contributed by atoms with Crippen LogP contribution in [0.25, 0.3) is 0 Å². The average molecular weight is 344 g/mol. The van der Waals surface area contributed by atoms with Gasteiger partial charge in [-0.2, -0.15) is 0 Å². The van der Waals surface area contributed by atoms with Crippen LogP contribution in [0.3, 0.4) is 0 Å². The summed E-state index contributed by atoms with van der Waals surface area (Å²) in [5.74, 6) is 0. The molecular weight excluding hydrogens is 338 g/mol. The van der Waals surface area contributed by atoms with Gasteiger partial charge in [-0.1, -0.05) is 15.9 Å². The first-order valence-electron chi connectivity index (χ1n) is 3.02. The molecule has 0 unspecified atom stereocenters. The van der Waals surface area contributed by atoms with Gasteiger partial charge in [-0.05, 0) is 44.8 Å². The fourth-order valence-corrected chi connectivity index (χ4v) is 2.45. The minimum atomic E-state index is 0.772. The Morgan fingerprint density at radius 3 is 2.64 bits per heavy atom. The van der Waals surface area contributed by atoms with Crippen LogP contribution in [-0.2, 0) is 5.33 Å². The van der Waals surface area contributed by atoms with Gasteiger partial charge in [-0.3, -0.25) is 4.98 Å². The zero-order valence-electron chi connectivity index (χ0n) is 5.87. The lowest BCUT2D eigenvalue weighted by Gasteiger charge is -2.02. The van der Waals surface area contributed by atoms with Gasteiger partial charge in [0.05, 0.1) is 10.2 Å². The van der Waals surface area contributed by atoms with E-state index in [1.807, 2.05) is 13.0 Å². The average Bonchev–Trinajstić information content (AvgIpc) is 1.96. The zero-order valence-corrected chi connectivity index (χ0v) is 10.6. The molecule has 0 aliphatic heterocycles. The van der Waals surface area contributed by atoms with Crippen molar-refractivity contribution in [2.75, 3.05) is 0 Å². The first-order valence-corrected chi connectivity index (χ1v) is 5.73. The van der Waals surface area contributed by atoms with Crippen molar-refractivity contribution in [3.63, 3.8) is 0 Å². The van der Waals surface area contributed by atoms with E-state index in [4.69, 9.17) is 0 Å². The van der Waals surface area contributed by atoms with Crippen LogP contribution in [0.15, 0.2) is 15.0 Å². The minimum Gasteiger partial charge on any atom is -0.256 e. The maximum absolute atomic E-state index is 4.33. The molecule has 0 amide bonds. The van der Waals surface area contributed by atoms with Gasteiger partial charge in [0.15, 0.2) is 0 Å². The van der Waals surface area contributed by atoms with Gasteiger partial charge >= 0.3 is 0 Å². The van der Waals surface area contributed by atoms with E-state index in [1.54, 1.807) is 0 Å². The third-order valence-corrected chi connectivity index (χ3v) is 3.81. The van der Waals surface area contributed by atoms with Gasteiger partial charge in [0.25, 0.3) is 0 Å². The van der Waals surface area contributed by atoms with Crippen molar-refractivity contribution < 1.29 is 0 Å². The molecule has 1 heterocycles. The fraction of sp³-hybridized carbons (Fsp3) is 0.286. The molecule has 0 atom stereocenters. The summed E-state index contributed by atoms with van der Waals surface area (Å²) in [6.45, 7) is 1.98. The molecule has 0 aromatic carbocycles. The molecule has 1 aromatic heterocycles. The maximum Gasteiger partial charge on any atom is 0.0665 e. The van der Waals surface area contributed by atoms with Crippen LogP contribution < -0.4 is 0 Å². The highest BCUT2D eigenvalue weighted by atomic mass is 79.9. The highest BCUT2D eigenvalue weighted by molar-refractivity contribution is 9.13. The van der Waals surface area contributed by atoms with Crippen LogP contribution in [0.2, 0.25) is 0 Å². The number of nitrogens with zero attached hydrogens (tertiary/aromatic N) is 1. The molecule has 0 fully saturated rings. The quantitative estimate of drug-likeness (QED) is 0.707. The SMILES string of the molecule is Cc1cc(Br)c(Br)c(CBr)n1. The second kappa shape index (κ2) is 4.01. The molecule has 4 heteroatoms. The van der Waals surface area contributed by atoms with Crippen molar-refractivity contribution in [1.82, 2.24) is 4.98 Å². The lowest BCUT2D eigenvalue weighted by atomic mass is 10.3. The van der Waals surface area contributed by atoms with Crippen molar-refractivity contribution in [2.24, 2.45) is 0 Å². The molecule has 60 valence electrons. The molecule has 0 bridgehead atoms. The van der Waals surface area contributed by atoms with E-state index in [0.29, 0.717) is 0 Å². The number of hydrogen-bond donors (Lipinski definition) is 0. The maximum atomic E-state index is 4.33. The fourth-order valence-electron chi connectivity index (χ4n) is 0.767. The van der Waals surface area contributed by atoms with Gasteiger partial charge < -0.3 is 0 Å². The van der Waals surface area contributed by atoms with Crippen LogP contribution in [0.4, 0.5) is 0 Å². The second-order valence-corrected chi connectivity index (χ2v) is 4.35. The smallest absolute Gasteiger partial charge is 0.0665 e. The van der Waals surface area contributed by atoms with Crippen molar-refractivity contribution in [3.8, 4) is 0 Å². The molecule has 0 radical (unpaired) electrons. The number of halogens is 3. The minimum absolute atomic E-state index is 0.772. The molecule has 11 heavy (non-hydrogen) atoms. The molecule has 0 saturated carbocycles. The number of hydrogen-bond acceptors (Lipinski definition) is 1. The molecule has 1 aromatic rings. The third kappa shape index (κ3) is 2.26. The summed E-state index contributed by atoms with van der Waals surface area (Å²) in [6.07, 6.45) is 0. The molecule has 0 aliphatic carbocycles. The largest absolute Gasteiger partial charge is 0.256 e. The monoisotopic (exact) mass is 341 g/mol. The molecule has 0 saturated heterocycles. The molecular formula is C7H6Br3N. The Morgan fingerprint density at radius 2 is 2.09 bits per heavy atom. The van der Waals surface area contributed by atoms with E-state index in [9.17, 15) is 0 Å². The van der Waals surface area contributed by atoms with Gasteiger partial charge in [-0.25, -0.2) is 0 Å². The number of rotatable bonds is 1. The topological polar surface area (TPSA) is 12.9 Å². The Morgan fingerprint density at radius 1 is 1.45 bits per heavy atom. The van der Waals surface area contributed by atoms with Crippen molar-refractivity contribution >= 4 is 47.8 Å². The molecule has 0 aliphatic rings. The predicted octanol–water partition coefficient (Wildman–Crippen LogP) is 3.81. The standard InChI is InChI=1S/C7H6Br3N/c1-4-2-5(9)7(10)6(3-8)11-4/h2H,3H2,1H3. The van der Waals surface area contributed by atoms with Gasteiger partial charge in [0.1, 0.15) is 0 Å². The zero-order chi connectivity index (χ0) is 8.43. The highest BCUT2D eigenvalue weighted by Crippen LogP contribution is 2.27. The van der Waals surface area contributed by atoms with E-state index < -0.39 is 0 Å². The van der Waals surface area contributed by atoms with Crippen molar-refractivity contribution in [1.29, 1.82) is 0 Å². The summed E-state index contributed by atoms with van der Waals surface area (Å²) in [4.78, 5) is 4.33. The van der Waals surface area contributed by atoms with E-state index in [-0.39, 0.29) is 0 Å². The van der Waals surface area contributed by atoms with Gasteiger partial charge in [-0.15, -0.1) is 0 Å². The summed E-state index contributed by atoms with van der Waals surface area (Å²) in [5, 5.41) is 0.772. The van der Waals surface area contributed by atoms with E-state index in [0.717, 1.165) is 25.7 Å². The Labute approximate surface area is 91.0 Å². The van der Waals surface area contributed by atoms with Crippen LogP contribution in [-0.4, -0.2) is 4.98 Å². The Bertz CT molecular complexity index is 273. The van der Waals surface area contributed by atoms with E-state index in [2.05, 4.69) is 52.8 Å². The lowest BCUT2D eigenvalue weighted by Crippen LogP contribution is -1.90. The number of aryl methyl sites for hydroxylation is 1. The van der Waals surface area contributed by atoms with E-state index >= 15 is 0 Å². The molecule has 0 spiro atoms. The number of aromatic nitrogens is 1. The summed E-state index contributed by atoms with van der Waals surface area (Å²) in [5.41, 5.74) is 2.05. The molecule has 0 N–H and O–H groups in total. The molecule has 1 rings (SSSR count). The first-order chi connectivity index (χ1) is 5.15. The second-order valence-electron chi connectivity index (χ2n) is 2.14. The van der Waals surface area contributed by atoms with Gasteiger partial charge in [0, 0.05) is 15.5 Å². The Hall–Kier alpha value is 0.590. The van der Waals surface area contributed by atoms with Crippen LogP contribution >= 0.6 is 47.8 Å². The van der Waals surface area contributed by atoms with Crippen LogP contribution in [0.5, 0.6) is 0 Å². The van der Waals surface area contributed by atoms with Crippen molar-refractivity contribution in [2.45, 2.75) is 12.3 Å². The lowest BCUT2D eigenvalue weighted by molar-refractivity contribution is 1.09. The van der Waals surface area contributed by atoms with E-state index in [1.165, 1.54) is 0 Å². The summed E-state index contributed by atoms with van der Waals surface area (Å²) in [6, 6.07) is 1.98. The Kier molecular flexibility index (Phi) is 3.52. The molecule has 1 nitrogen and oxygen atoms in total.